The van der Waals surface area contributed by atoms with E-state index in [0.29, 0.717) is 12.6 Å². The monoisotopic (exact) mass is 225 g/mol. The molecule has 1 unspecified atom stereocenters. The van der Waals surface area contributed by atoms with E-state index in [-0.39, 0.29) is 0 Å². The van der Waals surface area contributed by atoms with Crippen molar-refractivity contribution in [3.05, 3.63) is 11.9 Å². The topological polar surface area (TPSA) is 39.1 Å². The van der Waals surface area contributed by atoms with Gasteiger partial charge in [0.05, 0.1) is 12.3 Å². The molecule has 0 aliphatic rings. The number of hydrogen-bond donors (Lipinski definition) is 1. The number of methoxy groups -OCH3 is 1. The minimum atomic E-state index is 0.497. The van der Waals surface area contributed by atoms with Gasteiger partial charge in [-0.25, -0.2) is 4.98 Å². The van der Waals surface area contributed by atoms with Gasteiger partial charge in [-0.3, -0.25) is 0 Å². The number of anilines is 1. The maximum absolute atomic E-state index is 5.02. The Balaban J connectivity index is 2.66. The van der Waals surface area contributed by atoms with E-state index in [9.17, 15) is 0 Å². The van der Waals surface area contributed by atoms with Crippen LogP contribution >= 0.6 is 0 Å². The molecule has 1 rings (SSSR count). The fourth-order valence-corrected chi connectivity index (χ4v) is 1.80. The molecule has 1 heterocycles. The lowest BCUT2D eigenvalue weighted by Crippen LogP contribution is -2.14. The predicted molar refractivity (Wildman–Crippen MR) is 66.9 cm³/mol. The van der Waals surface area contributed by atoms with Crippen LogP contribution in [0.25, 0.3) is 0 Å². The van der Waals surface area contributed by atoms with Crippen LogP contribution in [0.1, 0.15) is 38.4 Å². The van der Waals surface area contributed by atoms with Crippen molar-refractivity contribution < 1.29 is 4.74 Å². The molecule has 0 aliphatic heterocycles. The van der Waals surface area contributed by atoms with Crippen LogP contribution in [0.15, 0.2) is 6.20 Å². The van der Waals surface area contributed by atoms with Gasteiger partial charge in [0, 0.05) is 25.9 Å². The van der Waals surface area contributed by atoms with Gasteiger partial charge in [-0.1, -0.05) is 13.3 Å². The molecule has 0 fully saturated rings. The van der Waals surface area contributed by atoms with E-state index >= 15 is 0 Å². The first-order valence-electron chi connectivity index (χ1n) is 5.97. The highest BCUT2D eigenvalue weighted by atomic mass is 16.5. The molecule has 4 nitrogen and oxygen atoms in total. The highest BCUT2D eigenvalue weighted by Crippen LogP contribution is 2.19. The molecule has 0 saturated heterocycles. The van der Waals surface area contributed by atoms with E-state index in [4.69, 9.17) is 4.74 Å². The van der Waals surface area contributed by atoms with Crippen LogP contribution in [0, 0.1) is 6.92 Å². The average Bonchev–Trinajstić information content (AvgIpc) is 2.61. The number of aromatic nitrogens is 2. The molecule has 0 radical (unpaired) electrons. The number of hydrogen-bond acceptors (Lipinski definition) is 3. The van der Waals surface area contributed by atoms with Crippen LogP contribution in [-0.2, 0) is 4.74 Å². The molecule has 0 saturated carbocycles. The van der Waals surface area contributed by atoms with Crippen molar-refractivity contribution in [1.82, 2.24) is 9.55 Å². The normalized spacial score (nSPS) is 12.8. The molecule has 0 aliphatic carbocycles. The Morgan fingerprint density at radius 3 is 2.94 bits per heavy atom. The molecule has 0 aromatic carbocycles. The van der Waals surface area contributed by atoms with Gasteiger partial charge < -0.3 is 14.6 Å². The Morgan fingerprint density at radius 1 is 1.56 bits per heavy atom. The third-order valence-corrected chi connectivity index (χ3v) is 2.62. The van der Waals surface area contributed by atoms with Gasteiger partial charge in [0.15, 0.2) is 0 Å². The Hall–Kier alpha value is -1.03. The summed E-state index contributed by atoms with van der Waals surface area (Å²) in [4.78, 5) is 4.48. The Labute approximate surface area is 98.0 Å². The van der Waals surface area contributed by atoms with E-state index in [2.05, 4.69) is 34.9 Å². The first-order valence-corrected chi connectivity index (χ1v) is 5.97. The molecular weight excluding hydrogens is 202 g/mol. The van der Waals surface area contributed by atoms with E-state index in [1.807, 2.05) is 6.92 Å². The second kappa shape index (κ2) is 6.53. The SMILES string of the molecule is CCCC(C)n1cc(C)nc1NCCOC. The molecule has 16 heavy (non-hydrogen) atoms. The van der Waals surface area contributed by atoms with Gasteiger partial charge in [-0.05, 0) is 20.3 Å². The average molecular weight is 225 g/mol. The van der Waals surface area contributed by atoms with Crippen molar-refractivity contribution in [1.29, 1.82) is 0 Å². The Kier molecular flexibility index (Phi) is 5.32. The van der Waals surface area contributed by atoms with Crippen LogP contribution in [0.2, 0.25) is 0 Å². The summed E-state index contributed by atoms with van der Waals surface area (Å²) >= 11 is 0. The smallest absolute Gasteiger partial charge is 0.203 e. The van der Waals surface area contributed by atoms with Crippen molar-refractivity contribution in [3.8, 4) is 0 Å². The number of nitrogens with zero attached hydrogens (tertiary/aromatic N) is 2. The van der Waals surface area contributed by atoms with Crippen molar-refractivity contribution in [3.63, 3.8) is 0 Å². The molecule has 1 aromatic rings. The highest BCUT2D eigenvalue weighted by Gasteiger charge is 2.10. The van der Waals surface area contributed by atoms with Crippen LogP contribution in [0.4, 0.5) is 5.95 Å². The van der Waals surface area contributed by atoms with Crippen LogP contribution < -0.4 is 5.32 Å². The molecule has 92 valence electrons. The zero-order chi connectivity index (χ0) is 12.0. The van der Waals surface area contributed by atoms with Crippen molar-refractivity contribution >= 4 is 5.95 Å². The van der Waals surface area contributed by atoms with Gasteiger partial charge in [-0.15, -0.1) is 0 Å². The second-order valence-electron chi connectivity index (χ2n) is 4.17. The fraction of sp³-hybridized carbons (Fsp3) is 0.750. The molecule has 1 N–H and O–H groups in total. The first-order chi connectivity index (χ1) is 7.69. The summed E-state index contributed by atoms with van der Waals surface area (Å²) in [6.45, 7) is 7.96. The summed E-state index contributed by atoms with van der Waals surface area (Å²) in [6, 6.07) is 0.497. The number of nitrogens with one attached hydrogen (secondary N) is 1. The highest BCUT2D eigenvalue weighted by molar-refractivity contribution is 5.29. The number of imidazole rings is 1. The molecule has 0 spiro atoms. The summed E-state index contributed by atoms with van der Waals surface area (Å²) < 4.78 is 7.24. The van der Waals surface area contributed by atoms with Crippen LogP contribution in [0.3, 0.4) is 0 Å². The van der Waals surface area contributed by atoms with Gasteiger partial charge in [0.25, 0.3) is 0 Å². The number of ether oxygens (including phenoxy) is 1. The van der Waals surface area contributed by atoms with E-state index in [1.54, 1.807) is 7.11 Å². The number of aryl methyl sites for hydroxylation is 1. The van der Waals surface area contributed by atoms with E-state index in [0.717, 1.165) is 18.2 Å². The third-order valence-electron chi connectivity index (χ3n) is 2.62. The van der Waals surface area contributed by atoms with Gasteiger partial charge in [0.2, 0.25) is 5.95 Å². The quantitative estimate of drug-likeness (QED) is 0.725. The lowest BCUT2D eigenvalue weighted by molar-refractivity contribution is 0.210. The van der Waals surface area contributed by atoms with E-state index in [1.165, 1.54) is 12.8 Å². The van der Waals surface area contributed by atoms with E-state index < -0.39 is 0 Å². The molecule has 0 amide bonds. The minimum Gasteiger partial charge on any atom is -0.383 e. The Bertz CT molecular complexity index is 309. The molecule has 1 atom stereocenters. The van der Waals surface area contributed by atoms with Gasteiger partial charge in [-0.2, -0.15) is 0 Å². The van der Waals surface area contributed by atoms with Crippen molar-refractivity contribution in [2.24, 2.45) is 0 Å². The summed E-state index contributed by atoms with van der Waals surface area (Å²) in [5.74, 6) is 0.954. The second-order valence-corrected chi connectivity index (χ2v) is 4.17. The van der Waals surface area contributed by atoms with Crippen molar-refractivity contribution in [2.75, 3.05) is 25.6 Å². The van der Waals surface area contributed by atoms with Crippen molar-refractivity contribution in [2.45, 2.75) is 39.7 Å². The zero-order valence-corrected chi connectivity index (χ0v) is 10.8. The molecule has 0 bridgehead atoms. The van der Waals surface area contributed by atoms with Gasteiger partial charge >= 0.3 is 0 Å². The zero-order valence-electron chi connectivity index (χ0n) is 10.8. The lowest BCUT2D eigenvalue weighted by atomic mass is 10.2. The molecule has 4 heteroatoms. The standard InChI is InChI=1S/C12H23N3O/c1-5-6-11(3)15-9-10(2)14-12(15)13-7-8-16-4/h9,11H,5-8H2,1-4H3,(H,13,14). The third kappa shape index (κ3) is 3.52. The van der Waals surface area contributed by atoms with Crippen LogP contribution in [0.5, 0.6) is 0 Å². The lowest BCUT2D eigenvalue weighted by Gasteiger charge is -2.16. The fourth-order valence-electron chi connectivity index (χ4n) is 1.80. The number of rotatable bonds is 7. The largest absolute Gasteiger partial charge is 0.383 e. The summed E-state index contributed by atoms with van der Waals surface area (Å²) in [6.07, 6.45) is 4.47. The summed E-state index contributed by atoms with van der Waals surface area (Å²) in [5.41, 5.74) is 1.06. The van der Waals surface area contributed by atoms with Gasteiger partial charge in [0.1, 0.15) is 0 Å². The summed E-state index contributed by atoms with van der Waals surface area (Å²) in [5, 5.41) is 3.30. The summed E-state index contributed by atoms with van der Waals surface area (Å²) in [7, 11) is 1.71. The minimum absolute atomic E-state index is 0.497. The first kappa shape index (κ1) is 13.0. The molecule has 1 aromatic heterocycles. The maximum atomic E-state index is 5.02. The predicted octanol–water partition coefficient (Wildman–Crippen LogP) is 2.61. The maximum Gasteiger partial charge on any atom is 0.203 e. The molecular formula is C12H23N3O. The van der Waals surface area contributed by atoms with Crippen LogP contribution in [-0.4, -0.2) is 29.8 Å². The Morgan fingerprint density at radius 2 is 2.31 bits per heavy atom.